The highest BCUT2D eigenvalue weighted by Gasteiger charge is 2.16. The zero-order chi connectivity index (χ0) is 15.4. The highest BCUT2D eigenvalue weighted by Crippen LogP contribution is 2.22. The van der Waals surface area contributed by atoms with Crippen molar-refractivity contribution in [3.63, 3.8) is 0 Å². The summed E-state index contributed by atoms with van der Waals surface area (Å²) in [6, 6.07) is 3.96. The zero-order valence-corrected chi connectivity index (χ0v) is 13.7. The van der Waals surface area contributed by atoms with Gasteiger partial charge in [0.15, 0.2) is 10.6 Å². The maximum absolute atomic E-state index is 12.0. The number of amides is 1. The average Bonchev–Trinajstić information content (AvgIpc) is 3.25. The van der Waals surface area contributed by atoms with Crippen molar-refractivity contribution in [2.75, 3.05) is 13.2 Å². The van der Waals surface area contributed by atoms with Crippen molar-refractivity contribution in [3.8, 4) is 10.7 Å². The number of H-pyrrole nitrogens is 1. The number of carbonyl (C=O) groups is 1. The van der Waals surface area contributed by atoms with Gasteiger partial charge >= 0.3 is 0 Å². The van der Waals surface area contributed by atoms with Gasteiger partial charge in [-0.05, 0) is 36.5 Å². The minimum absolute atomic E-state index is 0.00993. The molecule has 0 saturated carbocycles. The van der Waals surface area contributed by atoms with Crippen LogP contribution in [0.15, 0.2) is 17.5 Å². The number of thiophene rings is 1. The van der Waals surface area contributed by atoms with E-state index in [1.54, 1.807) is 11.3 Å². The number of nitrogens with zero attached hydrogens (tertiary/aromatic N) is 2. The third-order valence-corrected chi connectivity index (χ3v) is 4.79. The van der Waals surface area contributed by atoms with E-state index in [0.29, 0.717) is 24.3 Å². The first-order chi connectivity index (χ1) is 10.7. The third kappa shape index (κ3) is 3.63. The SMILES string of the molecule is O=C(CCn1c(-c2cccs2)n[nH]c1=S)NC[C@H]1CCCO1. The molecular formula is C14H18N4O2S2. The minimum atomic E-state index is 0.00993. The number of hydrogen-bond acceptors (Lipinski definition) is 5. The number of rotatable bonds is 6. The molecule has 2 N–H and O–H groups in total. The van der Waals surface area contributed by atoms with E-state index in [2.05, 4.69) is 15.5 Å². The van der Waals surface area contributed by atoms with Gasteiger partial charge in [0.05, 0.1) is 11.0 Å². The van der Waals surface area contributed by atoms with Crippen LogP contribution in [0.2, 0.25) is 0 Å². The Kier molecular flexibility index (Phi) is 5.01. The van der Waals surface area contributed by atoms with E-state index in [1.165, 1.54) is 0 Å². The highest BCUT2D eigenvalue weighted by atomic mass is 32.1. The first kappa shape index (κ1) is 15.4. The molecule has 1 saturated heterocycles. The summed E-state index contributed by atoms with van der Waals surface area (Å²) in [5, 5.41) is 12.0. The Hall–Kier alpha value is -1.51. The molecule has 118 valence electrons. The molecule has 0 radical (unpaired) electrons. The molecule has 8 heteroatoms. The van der Waals surface area contributed by atoms with Crippen LogP contribution in [0, 0.1) is 4.77 Å². The lowest BCUT2D eigenvalue weighted by Gasteiger charge is -2.11. The quantitative estimate of drug-likeness (QED) is 0.793. The lowest BCUT2D eigenvalue weighted by molar-refractivity contribution is -0.121. The summed E-state index contributed by atoms with van der Waals surface area (Å²) in [4.78, 5) is 13.0. The smallest absolute Gasteiger partial charge is 0.221 e. The van der Waals surface area contributed by atoms with Crippen LogP contribution in [0.4, 0.5) is 0 Å². The molecule has 3 heterocycles. The summed E-state index contributed by atoms with van der Waals surface area (Å²) >= 11 is 6.85. The lowest BCUT2D eigenvalue weighted by Crippen LogP contribution is -2.32. The Morgan fingerprint density at radius 1 is 1.64 bits per heavy atom. The first-order valence-electron chi connectivity index (χ1n) is 7.31. The standard InChI is InChI=1S/C14H18N4O2S2/c19-12(15-9-10-3-1-7-20-10)5-6-18-13(16-17-14(18)21)11-4-2-8-22-11/h2,4,8,10H,1,3,5-7,9H2,(H,15,19)(H,17,21)/t10-/m1/s1. The van der Waals surface area contributed by atoms with Gasteiger partial charge in [-0.25, -0.2) is 0 Å². The van der Waals surface area contributed by atoms with Crippen molar-refractivity contribution in [3.05, 3.63) is 22.3 Å². The first-order valence-corrected chi connectivity index (χ1v) is 8.60. The topological polar surface area (TPSA) is 71.9 Å². The summed E-state index contributed by atoms with van der Waals surface area (Å²) in [6.45, 7) is 1.90. The van der Waals surface area contributed by atoms with Gasteiger partial charge in [-0.15, -0.1) is 11.3 Å². The molecule has 0 spiro atoms. The van der Waals surface area contributed by atoms with E-state index in [4.69, 9.17) is 17.0 Å². The van der Waals surface area contributed by atoms with Crippen LogP contribution in [0.3, 0.4) is 0 Å². The second-order valence-electron chi connectivity index (χ2n) is 5.17. The monoisotopic (exact) mass is 338 g/mol. The van der Waals surface area contributed by atoms with E-state index < -0.39 is 0 Å². The number of nitrogens with one attached hydrogen (secondary N) is 2. The van der Waals surface area contributed by atoms with Gasteiger partial charge in [0.25, 0.3) is 0 Å². The maximum atomic E-state index is 12.0. The predicted molar refractivity (Wildman–Crippen MR) is 87.3 cm³/mol. The van der Waals surface area contributed by atoms with Gasteiger partial charge in [0, 0.05) is 26.1 Å². The van der Waals surface area contributed by atoms with Gasteiger partial charge in [0.1, 0.15) is 0 Å². The predicted octanol–water partition coefficient (Wildman–Crippen LogP) is 2.35. The van der Waals surface area contributed by atoms with Crippen molar-refractivity contribution in [2.45, 2.75) is 31.9 Å². The van der Waals surface area contributed by atoms with Gasteiger partial charge < -0.3 is 10.1 Å². The van der Waals surface area contributed by atoms with Crippen molar-refractivity contribution in [1.82, 2.24) is 20.1 Å². The number of ether oxygens (including phenoxy) is 1. The molecule has 0 aliphatic carbocycles. The molecule has 3 rings (SSSR count). The van der Waals surface area contributed by atoms with Crippen LogP contribution in [-0.4, -0.2) is 39.9 Å². The molecule has 2 aromatic rings. The van der Waals surface area contributed by atoms with Crippen LogP contribution < -0.4 is 5.32 Å². The van der Waals surface area contributed by atoms with Crippen molar-refractivity contribution < 1.29 is 9.53 Å². The van der Waals surface area contributed by atoms with E-state index >= 15 is 0 Å². The molecule has 22 heavy (non-hydrogen) atoms. The molecule has 2 aromatic heterocycles. The molecule has 1 aliphatic heterocycles. The van der Waals surface area contributed by atoms with Gasteiger partial charge in [-0.2, -0.15) is 5.10 Å². The largest absolute Gasteiger partial charge is 0.376 e. The fraction of sp³-hybridized carbons (Fsp3) is 0.500. The maximum Gasteiger partial charge on any atom is 0.221 e. The van der Waals surface area contributed by atoms with E-state index in [9.17, 15) is 4.79 Å². The molecule has 0 aromatic carbocycles. The van der Waals surface area contributed by atoms with Gasteiger partial charge in [-0.1, -0.05) is 6.07 Å². The van der Waals surface area contributed by atoms with Crippen molar-refractivity contribution in [2.24, 2.45) is 0 Å². The fourth-order valence-electron chi connectivity index (χ4n) is 2.45. The van der Waals surface area contributed by atoms with Crippen LogP contribution in [-0.2, 0) is 16.1 Å². The zero-order valence-electron chi connectivity index (χ0n) is 12.1. The second-order valence-corrected chi connectivity index (χ2v) is 6.50. The van der Waals surface area contributed by atoms with E-state index in [-0.39, 0.29) is 12.0 Å². The second kappa shape index (κ2) is 7.17. The Morgan fingerprint density at radius 2 is 2.55 bits per heavy atom. The van der Waals surface area contributed by atoms with Gasteiger partial charge in [0.2, 0.25) is 5.91 Å². The molecule has 0 bridgehead atoms. The fourth-order valence-corrected chi connectivity index (χ4v) is 3.40. The lowest BCUT2D eigenvalue weighted by atomic mass is 10.2. The van der Waals surface area contributed by atoms with E-state index in [1.807, 2.05) is 22.1 Å². The Morgan fingerprint density at radius 3 is 3.27 bits per heavy atom. The van der Waals surface area contributed by atoms with Crippen LogP contribution in [0.25, 0.3) is 10.7 Å². The summed E-state index contributed by atoms with van der Waals surface area (Å²) < 4.78 is 7.90. The molecular weight excluding hydrogens is 320 g/mol. The summed E-state index contributed by atoms with van der Waals surface area (Å²) in [5.74, 6) is 0.794. The molecule has 1 fully saturated rings. The van der Waals surface area contributed by atoms with Crippen LogP contribution >= 0.6 is 23.6 Å². The van der Waals surface area contributed by atoms with Gasteiger partial charge in [-0.3, -0.25) is 14.5 Å². The normalized spacial score (nSPS) is 17.7. The Bertz CT molecular complexity index is 671. The molecule has 6 nitrogen and oxygen atoms in total. The molecule has 0 unspecified atom stereocenters. The van der Waals surface area contributed by atoms with Crippen LogP contribution in [0.5, 0.6) is 0 Å². The minimum Gasteiger partial charge on any atom is -0.376 e. The Balaban J connectivity index is 1.56. The molecule has 1 atom stereocenters. The summed E-state index contributed by atoms with van der Waals surface area (Å²) in [5.41, 5.74) is 0. The number of hydrogen-bond donors (Lipinski definition) is 2. The summed E-state index contributed by atoms with van der Waals surface area (Å²) in [7, 11) is 0. The highest BCUT2D eigenvalue weighted by molar-refractivity contribution is 7.71. The average molecular weight is 338 g/mol. The summed E-state index contributed by atoms with van der Waals surface area (Å²) in [6.07, 6.45) is 2.64. The number of carbonyl (C=O) groups excluding carboxylic acids is 1. The van der Waals surface area contributed by atoms with E-state index in [0.717, 1.165) is 30.2 Å². The van der Waals surface area contributed by atoms with Crippen molar-refractivity contribution >= 4 is 29.5 Å². The van der Waals surface area contributed by atoms with Crippen molar-refractivity contribution in [1.29, 1.82) is 0 Å². The molecule has 1 aliphatic rings. The Labute approximate surface area is 137 Å². The third-order valence-electron chi connectivity index (χ3n) is 3.61. The van der Waals surface area contributed by atoms with Crippen LogP contribution in [0.1, 0.15) is 19.3 Å². The number of aromatic nitrogens is 3. The number of aromatic amines is 1. The molecule has 1 amide bonds.